The molecule has 1 saturated heterocycles. The molecular weight excluding hydrogens is 607 g/mol. The molecule has 0 atom stereocenters. The number of ether oxygens (including phenoxy) is 1. The monoisotopic (exact) mass is 638 g/mol. The molecule has 0 unspecified atom stereocenters. The fourth-order valence-corrected chi connectivity index (χ4v) is 6.23. The summed E-state index contributed by atoms with van der Waals surface area (Å²) in [5.74, 6) is -0.0938. The molecule has 10 nitrogen and oxygen atoms in total. The quantitative estimate of drug-likeness (QED) is 0.154. The molecule has 0 aliphatic carbocycles. The SMILES string of the molecule is O=C(Nc1cncc(-c2cc3c(-c4cc5c(-c6cc(F)cc(OCCN7CCCC7)c6)cncc5[nH]4)n[nH]c3cn2)c1)c1ccccc1. The molecule has 1 aliphatic heterocycles. The summed E-state index contributed by atoms with van der Waals surface area (Å²) >= 11 is 0. The lowest BCUT2D eigenvalue weighted by Gasteiger charge is -2.15. The number of likely N-dealkylation sites (tertiary alicyclic amines) is 1. The van der Waals surface area contributed by atoms with E-state index in [4.69, 9.17) is 4.74 Å². The van der Waals surface area contributed by atoms with E-state index in [2.05, 4.69) is 40.3 Å². The van der Waals surface area contributed by atoms with E-state index in [1.54, 1.807) is 43.1 Å². The number of nitrogens with zero attached hydrogens (tertiary/aromatic N) is 5. The van der Waals surface area contributed by atoms with Crippen LogP contribution in [-0.4, -0.2) is 67.2 Å². The highest BCUT2D eigenvalue weighted by atomic mass is 19.1. The van der Waals surface area contributed by atoms with Crippen molar-refractivity contribution in [2.24, 2.45) is 0 Å². The van der Waals surface area contributed by atoms with Gasteiger partial charge in [-0.1, -0.05) is 18.2 Å². The van der Waals surface area contributed by atoms with Gasteiger partial charge in [-0.15, -0.1) is 0 Å². The molecule has 2 aromatic carbocycles. The van der Waals surface area contributed by atoms with Gasteiger partial charge < -0.3 is 15.0 Å². The first kappa shape index (κ1) is 29.5. The second kappa shape index (κ2) is 12.7. The van der Waals surface area contributed by atoms with Crippen molar-refractivity contribution in [3.63, 3.8) is 0 Å². The van der Waals surface area contributed by atoms with E-state index in [1.807, 2.05) is 42.5 Å². The molecule has 1 amide bonds. The molecule has 8 rings (SSSR count). The molecule has 5 aromatic heterocycles. The zero-order valence-electron chi connectivity index (χ0n) is 25.9. The first-order chi connectivity index (χ1) is 23.6. The Morgan fingerprint density at radius 1 is 0.875 bits per heavy atom. The standard InChI is InChI=1S/C37H31FN8O2/c38-26-12-24(14-28(15-26)48-11-10-46-8-4-5-9-46)31-20-40-21-34-29(31)16-33(43-34)36-30-17-32(41-22-35(30)44-45-36)25-13-27(19-39-18-25)42-37(47)23-6-2-1-3-7-23/h1-3,6-7,12-22,43H,4-5,8-11H2,(H,42,47)(H,44,45). The van der Waals surface area contributed by atoms with Gasteiger partial charge in [0.2, 0.25) is 0 Å². The van der Waals surface area contributed by atoms with E-state index in [-0.39, 0.29) is 11.7 Å². The number of carbonyl (C=O) groups excluding carboxylic acids is 1. The normalized spacial score (nSPS) is 13.4. The summed E-state index contributed by atoms with van der Waals surface area (Å²) in [5, 5.41) is 12.3. The Balaban J connectivity index is 1.08. The van der Waals surface area contributed by atoms with E-state index in [0.717, 1.165) is 58.3 Å². The Labute approximate surface area is 275 Å². The number of hydrogen-bond donors (Lipinski definition) is 3. The van der Waals surface area contributed by atoms with Crippen LogP contribution in [0.2, 0.25) is 0 Å². The number of hydrogen-bond acceptors (Lipinski definition) is 7. The lowest BCUT2D eigenvalue weighted by molar-refractivity contribution is 0.102. The Morgan fingerprint density at radius 2 is 1.73 bits per heavy atom. The molecule has 3 N–H and O–H groups in total. The minimum absolute atomic E-state index is 0.220. The molecule has 0 radical (unpaired) electrons. The Hall–Kier alpha value is -5.94. The third kappa shape index (κ3) is 5.98. The molecule has 0 saturated carbocycles. The molecule has 0 bridgehead atoms. The zero-order valence-corrected chi connectivity index (χ0v) is 25.9. The second-order valence-electron chi connectivity index (χ2n) is 11.9. The largest absolute Gasteiger partial charge is 0.492 e. The zero-order chi connectivity index (χ0) is 32.5. The van der Waals surface area contributed by atoms with Crippen molar-refractivity contribution in [2.45, 2.75) is 12.8 Å². The van der Waals surface area contributed by atoms with Gasteiger partial charge in [0.1, 0.15) is 23.9 Å². The molecule has 1 aliphatic rings. The van der Waals surface area contributed by atoms with Gasteiger partial charge >= 0.3 is 0 Å². The van der Waals surface area contributed by atoms with Crippen molar-refractivity contribution in [1.29, 1.82) is 0 Å². The highest BCUT2D eigenvalue weighted by Crippen LogP contribution is 2.36. The van der Waals surface area contributed by atoms with E-state index in [1.165, 1.54) is 25.0 Å². The minimum atomic E-state index is -0.368. The van der Waals surface area contributed by atoms with Gasteiger partial charge in [-0.2, -0.15) is 5.10 Å². The van der Waals surface area contributed by atoms with Crippen molar-refractivity contribution in [3.8, 4) is 39.5 Å². The maximum Gasteiger partial charge on any atom is 0.255 e. The number of aromatic nitrogens is 6. The summed E-state index contributed by atoms with van der Waals surface area (Å²) in [7, 11) is 0. The Kier molecular flexibility index (Phi) is 7.79. The molecular formula is C37H31FN8O2. The number of H-pyrrole nitrogens is 2. The number of carbonyl (C=O) groups is 1. The molecule has 11 heteroatoms. The lowest BCUT2D eigenvalue weighted by atomic mass is 10.0. The number of aromatic amines is 2. The average molecular weight is 639 g/mol. The van der Waals surface area contributed by atoms with Crippen LogP contribution in [0.3, 0.4) is 0 Å². The Bertz CT molecular complexity index is 2260. The molecule has 7 aromatic rings. The van der Waals surface area contributed by atoms with Gasteiger partial charge in [0.25, 0.3) is 5.91 Å². The van der Waals surface area contributed by atoms with Crippen LogP contribution in [0.4, 0.5) is 10.1 Å². The van der Waals surface area contributed by atoms with Crippen molar-refractivity contribution >= 4 is 33.4 Å². The van der Waals surface area contributed by atoms with E-state index >= 15 is 0 Å². The molecule has 0 spiro atoms. The van der Waals surface area contributed by atoms with Crippen LogP contribution >= 0.6 is 0 Å². The lowest BCUT2D eigenvalue weighted by Crippen LogP contribution is -2.25. The Morgan fingerprint density at radius 3 is 2.60 bits per heavy atom. The van der Waals surface area contributed by atoms with Crippen molar-refractivity contribution in [1.82, 2.24) is 35.0 Å². The molecule has 48 heavy (non-hydrogen) atoms. The summed E-state index contributed by atoms with van der Waals surface area (Å²) in [5.41, 5.74) is 7.00. The third-order valence-electron chi connectivity index (χ3n) is 8.63. The third-order valence-corrected chi connectivity index (χ3v) is 8.63. The minimum Gasteiger partial charge on any atom is -0.492 e. The number of pyridine rings is 3. The maximum absolute atomic E-state index is 14.8. The van der Waals surface area contributed by atoms with E-state index in [9.17, 15) is 9.18 Å². The molecule has 238 valence electrons. The predicted octanol–water partition coefficient (Wildman–Crippen LogP) is 7.10. The van der Waals surface area contributed by atoms with Gasteiger partial charge in [0.15, 0.2) is 0 Å². The number of amides is 1. The number of fused-ring (bicyclic) bond motifs is 2. The number of anilines is 1. The van der Waals surface area contributed by atoms with Gasteiger partial charge in [-0.25, -0.2) is 4.39 Å². The van der Waals surface area contributed by atoms with Crippen LogP contribution in [-0.2, 0) is 0 Å². The van der Waals surface area contributed by atoms with Gasteiger partial charge in [-0.3, -0.25) is 29.7 Å². The molecule has 6 heterocycles. The number of benzene rings is 2. The van der Waals surface area contributed by atoms with Crippen LogP contribution in [0, 0.1) is 5.82 Å². The van der Waals surface area contributed by atoms with Crippen LogP contribution in [0.25, 0.3) is 55.6 Å². The van der Waals surface area contributed by atoms with Crippen LogP contribution in [0.5, 0.6) is 5.75 Å². The number of nitrogens with one attached hydrogen (secondary N) is 3. The van der Waals surface area contributed by atoms with Gasteiger partial charge in [0, 0.05) is 52.5 Å². The maximum atomic E-state index is 14.8. The fraction of sp³-hybridized carbons (Fsp3) is 0.162. The van der Waals surface area contributed by atoms with Crippen LogP contribution in [0.1, 0.15) is 23.2 Å². The second-order valence-corrected chi connectivity index (χ2v) is 11.9. The highest BCUT2D eigenvalue weighted by molar-refractivity contribution is 6.04. The first-order valence-corrected chi connectivity index (χ1v) is 15.9. The predicted molar refractivity (Wildman–Crippen MR) is 183 cm³/mol. The number of rotatable bonds is 9. The van der Waals surface area contributed by atoms with Crippen molar-refractivity contribution in [3.05, 3.63) is 109 Å². The van der Waals surface area contributed by atoms with Gasteiger partial charge in [0.05, 0.1) is 46.7 Å². The fourth-order valence-electron chi connectivity index (χ4n) is 6.23. The first-order valence-electron chi connectivity index (χ1n) is 15.9. The number of halogens is 1. The van der Waals surface area contributed by atoms with E-state index in [0.29, 0.717) is 40.6 Å². The summed E-state index contributed by atoms with van der Waals surface area (Å²) in [6, 6.07) is 19.6. The summed E-state index contributed by atoms with van der Waals surface area (Å²) in [6.45, 7) is 3.50. The molecule has 1 fully saturated rings. The van der Waals surface area contributed by atoms with E-state index < -0.39 is 0 Å². The van der Waals surface area contributed by atoms with Gasteiger partial charge in [-0.05, 0) is 74.0 Å². The van der Waals surface area contributed by atoms with Crippen LogP contribution in [0.15, 0.2) is 97.7 Å². The summed E-state index contributed by atoms with van der Waals surface area (Å²) in [4.78, 5) is 31.9. The topological polar surface area (TPSA) is 125 Å². The van der Waals surface area contributed by atoms with Crippen LogP contribution < -0.4 is 10.1 Å². The highest BCUT2D eigenvalue weighted by Gasteiger charge is 2.17. The summed E-state index contributed by atoms with van der Waals surface area (Å²) in [6.07, 6.45) is 11.0. The summed E-state index contributed by atoms with van der Waals surface area (Å²) < 4.78 is 20.8. The van der Waals surface area contributed by atoms with Crippen molar-refractivity contribution < 1.29 is 13.9 Å². The smallest absolute Gasteiger partial charge is 0.255 e. The average Bonchev–Trinajstić information content (AvgIpc) is 3.88. The van der Waals surface area contributed by atoms with Crippen molar-refractivity contribution in [2.75, 3.05) is 31.6 Å².